The molecule has 29 heavy (non-hydrogen) atoms. The number of benzene rings is 3. The molecule has 0 aliphatic heterocycles. The maximum Gasteiger partial charge on any atom is 0.365 e. The molecule has 0 N–H and O–H groups in total. The van der Waals surface area contributed by atoms with Crippen molar-refractivity contribution in [1.29, 1.82) is 0 Å². The summed E-state index contributed by atoms with van der Waals surface area (Å²) in [6, 6.07) is 22.1. The van der Waals surface area contributed by atoms with Crippen molar-refractivity contribution in [2.24, 2.45) is 5.16 Å². The molecule has 0 radical (unpaired) electrons. The number of carbonyl (C=O) groups is 2. The number of carbonyl (C=O) groups excluding carboxylic acids is 2. The first-order valence-electron chi connectivity index (χ1n) is 10.1. The Morgan fingerprint density at radius 3 is 2.28 bits per heavy atom. The van der Waals surface area contributed by atoms with Crippen LogP contribution in [0.3, 0.4) is 0 Å². The van der Waals surface area contributed by atoms with E-state index >= 15 is 0 Å². The number of ketones is 1. The summed E-state index contributed by atoms with van der Waals surface area (Å²) in [5.74, 6) is -0.768. The second kappa shape index (κ2) is 10.3. The van der Waals surface area contributed by atoms with Gasteiger partial charge in [-0.15, -0.1) is 0 Å². The van der Waals surface area contributed by atoms with Crippen molar-refractivity contribution in [2.45, 2.75) is 39.0 Å². The van der Waals surface area contributed by atoms with E-state index in [2.05, 4.69) is 12.1 Å². The monoisotopic (exact) mass is 387 g/mol. The van der Waals surface area contributed by atoms with Gasteiger partial charge in [-0.2, -0.15) is 0 Å². The van der Waals surface area contributed by atoms with Gasteiger partial charge in [0.15, 0.2) is 0 Å². The first-order valence-corrected chi connectivity index (χ1v) is 10.1. The smallest absolute Gasteiger partial charge is 0.312 e. The quantitative estimate of drug-likeness (QED) is 0.144. The van der Waals surface area contributed by atoms with Crippen LogP contribution >= 0.6 is 0 Å². The highest BCUT2D eigenvalue weighted by molar-refractivity contribution is 6.46. The van der Waals surface area contributed by atoms with Gasteiger partial charge in [0, 0.05) is 5.56 Å². The Labute approximate surface area is 171 Å². The molecule has 0 amide bonds. The average molecular weight is 387 g/mol. The van der Waals surface area contributed by atoms with Crippen LogP contribution in [-0.2, 0) is 4.84 Å². The van der Waals surface area contributed by atoms with Crippen LogP contribution in [0.4, 0.5) is 0 Å². The molecule has 0 saturated heterocycles. The fourth-order valence-electron chi connectivity index (χ4n) is 3.14. The summed E-state index contributed by atoms with van der Waals surface area (Å²) in [5, 5.41) is 6.03. The fourth-order valence-corrected chi connectivity index (χ4v) is 3.14. The summed E-state index contributed by atoms with van der Waals surface area (Å²) in [5.41, 5.74) is 1.23. The number of unbranched alkanes of at least 4 members (excludes halogenated alkanes) is 3. The zero-order chi connectivity index (χ0) is 20.5. The molecule has 0 aliphatic carbocycles. The molecule has 3 rings (SSSR count). The van der Waals surface area contributed by atoms with E-state index in [1.165, 1.54) is 0 Å². The Morgan fingerprint density at radius 2 is 1.52 bits per heavy atom. The van der Waals surface area contributed by atoms with Gasteiger partial charge in [0.25, 0.3) is 0 Å². The predicted molar refractivity (Wildman–Crippen MR) is 116 cm³/mol. The van der Waals surface area contributed by atoms with Crippen LogP contribution in [0.25, 0.3) is 10.8 Å². The minimum Gasteiger partial charge on any atom is -0.312 e. The number of oxime groups is 1. The number of fused-ring (bicyclic) bond motifs is 1. The molecular weight excluding hydrogens is 362 g/mol. The largest absolute Gasteiger partial charge is 0.365 e. The number of Topliss-reactive ketones (excluding diaryl/α,β-unsaturated/α-hetero) is 1. The van der Waals surface area contributed by atoms with E-state index in [0.29, 0.717) is 17.5 Å². The minimum absolute atomic E-state index is 0.201. The lowest BCUT2D eigenvalue weighted by Gasteiger charge is -2.07. The normalized spacial score (nSPS) is 11.4. The molecule has 0 bridgehead atoms. The topological polar surface area (TPSA) is 55.7 Å². The lowest BCUT2D eigenvalue weighted by atomic mass is 9.99. The molecule has 0 aromatic heterocycles. The van der Waals surface area contributed by atoms with Crippen LogP contribution in [-0.4, -0.2) is 17.5 Å². The highest BCUT2D eigenvalue weighted by atomic mass is 16.7. The van der Waals surface area contributed by atoms with Crippen LogP contribution in [0.15, 0.2) is 78.0 Å². The first kappa shape index (κ1) is 20.5. The Bertz CT molecular complexity index is 1010. The molecule has 4 heteroatoms. The molecule has 0 unspecified atom stereocenters. The predicted octanol–water partition coefficient (Wildman–Crippen LogP) is 6.21. The summed E-state index contributed by atoms with van der Waals surface area (Å²) < 4.78 is 0. The molecule has 0 atom stereocenters. The van der Waals surface area contributed by atoms with Crippen LogP contribution in [0.5, 0.6) is 0 Å². The number of hydrogen-bond acceptors (Lipinski definition) is 4. The van der Waals surface area contributed by atoms with Crippen molar-refractivity contribution in [1.82, 2.24) is 0 Å². The number of hydrogen-bond donors (Lipinski definition) is 0. The van der Waals surface area contributed by atoms with Crippen LogP contribution in [0.2, 0.25) is 0 Å². The van der Waals surface area contributed by atoms with Crippen LogP contribution < -0.4 is 0 Å². The lowest BCUT2D eigenvalue weighted by molar-refractivity contribution is 0.0514. The molecule has 148 valence electrons. The molecule has 0 fully saturated rings. The third-order valence-corrected chi connectivity index (χ3v) is 4.79. The van der Waals surface area contributed by atoms with Gasteiger partial charge in [-0.25, -0.2) is 4.79 Å². The third kappa shape index (κ3) is 5.61. The molecule has 0 aliphatic rings. The second-order valence-corrected chi connectivity index (χ2v) is 6.98. The Balaban J connectivity index is 1.80. The molecular formula is C25H25NO3. The Kier molecular flexibility index (Phi) is 7.28. The SMILES string of the molecule is CCCCCC/C(=N\OC(=O)c1ccccc1)C(=O)c1ccc2ccccc2c1. The minimum atomic E-state index is -0.567. The maximum absolute atomic E-state index is 13.1. The third-order valence-electron chi connectivity index (χ3n) is 4.79. The van der Waals surface area contributed by atoms with Gasteiger partial charge in [0.1, 0.15) is 5.71 Å². The van der Waals surface area contributed by atoms with E-state index in [1.54, 1.807) is 30.3 Å². The van der Waals surface area contributed by atoms with Crippen LogP contribution in [0, 0.1) is 0 Å². The zero-order valence-electron chi connectivity index (χ0n) is 16.6. The van der Waals surface area contributed by atoms with Crippen molar-refractivity contribution in [2.75, 3.05) is 0 Å². The summed E-state index contributed by atoms with van der Waals surface area (Å²) in [6.07, 6.45) is 4.52. The van der Waals surface area contributed by atoms with Gasteiger partial charge in [0.2, 0.25) is 5.78 Å². The van der Waals surface area contributed by atoms with Crippen molar-refractivity contribution in [3.8, 4) is 0 Å². The highest BCUT2D eigenvalue weighted by Gasteiger charge is 2.17. The summed E-state index contributed by atoms with van der Waals surface area (Å²) in [7, 11) is 0. The van der Waals surface area contributed by atoms with E-state index in [9.17, 15) is 9.59 Å². The highest BCUT2D eigenvalue weighted by Crippen LogP contribution is 2.18. The Morgan fingerprint density at radius 1 is 0.793 bits per heavy atom. The average Bonchev–Trinajstić information content (AvgIpc) is 2.78. The maximum atomic E-state index is 13.1. The van der Waals surface area contributed by atoms with E-state index in [-0.39, 0.29) is 11.5 Å². The molecule has 0 heterocycles. The molecule has 0 spiro atoms. The summed E-state index contributed by atoms with van der Waals surface area (Å²) in [6.45, 7) is 2.14. The number of nitrogens with zero attached hydrogens (tertiary/aromatic N) is 1. The van der Waals surface area contributed by atoms with E-state index in [1.807, 2.05) is 42.5 Å². The van der Waals surface area contributed by atoms with Gasteiger partial charge in [-0.05, 0) is 41.8 Å². The summed E-state index contributed by atoms with van der Waals surface area (Å²) in [4.78, 5) is 30.4. The Hall–Kier alpha value is -3.27. The van der Waals surface area contributed by atoms with E-state index in [0.717, 1.165) is 36.5 Å². The number of rotatable bonds is 9. The standard InChI is InChI=1S/C25H25NO3/c1-2-3-4-8-15-23(26-29-25(28)20-12-6-5-7-13-20)24(27)22-17-16-19-11-9-10-14-21(19)18-22/h5-7,9-14,16-18H,2-4,8,15H2,1H3/b26-23+. The van der Waals surface area contributed by atoms with Gasteiger partial charge in [-0.3, -0.25) is 4.79 Å². The second-order valence-electron chi connectivity index (χ2n) is 6.98. The van der Waals surface area contributed by atoms with Crippen LogP contribution in [0.1, 0.15) is 59.7 Å². The van der Waals surface area contributed by atoms with Gasteiger partial charge in [-0.1, -0.05) is 85.9 Å². The zero-order valence-corrected chi connectivity index (χ0v) is 16.6. The molecule has 3 aromatic carbocycles. The van der Waals surface area contributed by atoms with Crippen molar-refractivity contribution in [3.05, 3.63) is 83.9 Å². The van der Waals surface area contributed by atoms with Crippen molar-refractivity contribution in [3.63, 3.8) is 0 Å². The van der Waals surface area contributed by atoms with Crippen molar-refractivity contribution >= 4 is 28.2 Å². The fraction of sp³-hybridized carbons (Fsp3) is 0.240. The lowest BCUT2D eigenvalue weighted by Crippen LogP contribution is -2.16. The molecule has 4 nitrogen and oxygen atoms in total. The molecule has 0 saturated carbocycles. The van der Waals surface area contributed by atoms with E-state index < -0.39 is 5.97 Å². The molecule has 3 aromatic rings. The first-order chi connectivity index (χ1) is 14.2. The van der Waals surface area contributed by atoms with Gasteiger partial charge < -0.3 is 4.84 Å². The van der Waals surface area contributed by atoms with Gasteiger partial charge >= 0.3 is 5.97 Å². The van der Waals surface area contributed by atoms with E-state index in [4.69, 9.17) is 4.84 Å². The van der Waals surface area contributed by atoms with Gasteiger partial charge in [0.05, 0.1) is 5.56 Å². The summed E-state index contributed by atoms with van der Waals surface area (Å²) >= 11 is 0. The van der Waals surface area contributed by atoms with Crippen molar-refractivity contribution < 1.29 is 14.4 Å².